The van der Waals surface area contributed by atoms with E-state index >= 15 is 0 Å². The molecule has 6 heteroatoms. The Bertz CT molecular complexity index is 975. The second-order valence-electron chi connectivity index (χ2n) is 5.75. The normalized spacial score (nSPS) is 12.3. The van der Waals surface area contributed by atoms with Crippen molar-refractivity contribution in [3.8, 4) is 0 Å². The first-order valence-corrected chi connectivity index (χ1v) is 8.42. The molecule has 1 amide bonds. The molecule has 120 valence electrons. The molecule has 23 heavy (non-hydrogen) atoms. The Morgan fingerprint density at radius 1 is 1.22 bits per heavy atom. The number of benzene rings is 1. The summed E-state index contributed by atoms with van der Waals surface area (Å²) in [6.07, 6.45) is 0. The van der Waals surface area contributed by atoms with E-state index in [1.807, 2.05) is 25.5 Å². The molecule has 3 aromatic rings. The van der Waals surface area contributed by atoms with E-state index in [-0.39, 0.29) is 5.91 Å². The van der Waals surface area contributed by atoms with E-state index in [1.165, 1.54) is 22.5 Å². The number of aryl methyl sites for hydroxylation is 5. The molecular weight excluding hydrogens is 308 g/mol. The first kappa shape index (κ1) is 15.7. The highest BCUT2D eigenvalue weighted by atomic mass is 32.1. The van der Waals surface area contributed by atoms with Crippen LogP contribution < -0.4 is 4.80 Å². The lowest BCUT2D eigenvalue weighted by Crippen LogP contribution is -2.15. The fraction of sp³-hybridized carbons (Fsp3) is 0.353. The van der Waals surface area contributed by atoms with Gasteiger partial charge in [-0.3, -0.25) is 9.48 Å². The molecule has 0 aliphatic carbocycles. The van der Waals surface area contributed by atoms with Crippen LogP contribution in [0.4, 0.5) is 0 Å². The lowest BCUT2D eigenvalue weighted by atomic mass is 10.1. The Balaban J connectivity index is 2.14. The number of amides is 1. The van der Waals surface area contributed by atoms with Crippen molar-refractivity contribution in [2.45, 2.75) is 34.2 Å². The highest BCUT2D eigenvalue weighted by Gasteiger charge is 2.13. The number of rotatable bonds is 2. The summed E-state index contributed by atoms with van der Waals surface area (Å²) < 4.78 is 4.81. The smallest absolute Gasteiger partial charge is 0.297 e. The Kier molecular flexibility index (Phi) is 3.93. The number of aromatic nitrogens is 3. The van der Waals surface area contributed by atoms with E-state index in [9.17, 15) is 4.79 Å². The maximum Gasteiger partial charge on any atom is 0.297 e. The van der Waals surface area contributed by atoms with Crippen LogP contribution >= 0.6 is 11.3 Å². The summed E-state index contributed by atoms with van der Waals surface area (Å²) in [6.45, 7) is 8.69. The summed E-state index contributed by atoms with van der Waals surface area (Å²) >= 11 is 1.54. The van der Waals surface area contributed by atoms with E-state index in [2.05, 4.69) is 36.1 Å². The molecule has 0 fully saturated rings. The maximum absolute atomic E-state index is 12.5. The predicted octanol–water partition coefficient (Wildman–Crippen LogP) is 3.12. The van der Waals surface area contributed by atoms with Crippen LogP contribution in [0.2, 0.25) is 0 Å². The van der Waals surface area contributed by atoms with Gasteiger partial charge in [-0.25, -0.2) is 0 Å². The van der Waals surface area contributed by atoms with Gasteiger partial charge in [0.15, 0.2) is 4.80 Å². The second-order valence-corrected chi connectivity index (χ2v) is 6.76. The quantitative estimate of drug-likeness (QED) is 0.726. The summed E-state index contributed by atoms with van der Waals surface area (Å²) in [7, 11) is 1.95. The zero-order valence-electron chi connectivity index (χ0n) is 14.0. The van der Waals surface area contributed by atoms with E-state index < -0.39 is 0 Å². The Labute approximate surface area is 138 Å². The standard InChI is InChI=1S/C17H20N4OS/c1-6-21-14(9-12(4)19-21)16(22)18-17-20(5)13-7-10(2)11(3)8-15(13)23-17/h7-9H,6H2,1-5H3. The molecule has 0 saturated heterocycles. The molecule has 0 N–H and O–H groups in total. The first-order valence-electron chi connectivity index (χ1n) is 7.61. The van der Waals surface area contributed by atoms with Crippen molar-refractivity contribution in [2.75, 3.05) is 0 Å². The van der Waals surface area contributed by atoms with Crippen LogP contribution in [0.3, 0.4) is 0 Å². The number of carbonyl (C=O) groups excluding carboxylic acids is 1. The summed E-state index contributed by atoms with van der Waals surface area (Å²) in [6, 6.07) is 6.08. The van der Waals surface area contributed by atoms with E-state index in [4.69, 9.17) is 0 Å². The fourth-order valence-corrected chi connectivity index (χ4v) is 3.69. The second kappa shape index (κ2) is 5.77. The predicted molar refractivity (Wildman–Crippen MR) is 92.8 cm³/mol. The number of carbonyl (C=O) groups is 1. The van der Waals surface area contributed by atoms with Gasteiger partial charge < -0.3 is 4.57 Å². The number of fused-ring (bicyclic) bond motifs is 1. The van der Waals surface area contributed by atoms with Crippen LogP contribution in [0.25, 0.3) is 10.2 Å². The lowest BCUT2D eigenvalue weighted by Gasteiger charge is -2.01. The molecule has 0 aliphatic heterocycles. The molecule has 1 aromatic carbocycles. The van der Waals surface area contributed by atoms with Gasteiger partial charge in [-0.2, -0.15) is 10.1 Å². The average Bonchev–Trinajstić information content (AvgIpc) is 3.02. The van der Waals surface area contributed by atoms with Crippen LogP contribution in [-0.2, 0) is 13.6 Å². The minimum Gasteiger partial charge on any atom is -0.319 e. The minimum absolute atomic E-state index is 0.247. The van der Waals surface area contributed by atoms with Crippen molar-refractivity contribution in [1.82, 2.24) is 14.3 Å². The third-order valence-corrected chi connectivity index (χ3v) is 5.14. The molecule has 3 rings (SSSR count). The minimum atomic E-state index is -0.247. The first-order chi connectivity index (χ1) is 10.9. The van der Waals surface area contributed by atoms with Crippen molar-refractivity contribution in [3.63, 3.8) is 0 Å². The number of thiazole rings is 1. The van der Waals surface area contributed by atoms with Crippen LogP contribution in [-0.4, -0.2) is 20.3 Å². The maximum atomic E-state index is 12.5. The lowest BCUT2D eigenvalue weighted by molar-refractivity contribution is 0.0988. The van der Waals surface area contributed by atoms with Crippen LogP contribution in [0, 0.1) is 20.8 Å². The Morgan fingerprint density at radius 2 is 1.91 bits per heavy atom. The van der Waals surface area contributed by atoms with Gasteiger partial charge >= 0.3 is 0 Å². The van der Waals surface area contributed by atoms with Crippen molar-refractivity contribution in [3.05, 3.63) is 45.5 Å². The number of hydrogen-bond donors (Lipinski definition) is 0. The van der Waals surface area contributed by atoms with Gasteiger partial charge in [-0.05, 0) is 57.0 Å². The van der Waals surface area contributed by atoms with E-state index in [0.29, 0.717) is 17.0 Å². The average molecular weight is 328 g/mol. The third kappa shape index (κ3) is 2.74. The van der Waals surface area contributed by atoms with Gasteiger partial charge in [0.2, 0.25) is 0 Å². The van der Waals surface area contributed by atoms with Crippen molar-refractivity contribution in [1.29, 1.82) is 0 Å². The number of hydrogen-bond acceptors (Lipinski definition) is 3. The van der Waals surface area contributed by atoms with Crippen molar-refractivity contribution in [2.24, 2.45) is 12.0 Å². The monoisotopic (exact) mass is 328 g/mol. The molecule has 2 aromatic heterocycles. The molecule has 0 atom stereocenters. The summed E-state index contributed by atoms with van der Waals surface area (Å²) in [5.41, 5.74) is 4.96. The van der Waals surface area contributed by atoms with E-state index in [1.54, 1.807) is 10.7 Å². The molecule has 0 saturated carbocycles. The van der Waals surface area contributed by atoms with Gasteiger partial charge in [0, 0.05) is 13.6 Å². The van der Waals surface area contributed by atoms with Gasteiger partial charge in [0.25, 0.3) is 5.91 Å². The molecule has 0 bridgehead atoms. The molecule has 5 nitrogen and oxygen atoms in total. The van der Waals surface area contributed by atoms with Gasteiger partial charge in [-0.15, -0.1) is 0 Å². The molecule has 0 aliphatic rings. The highest BCUT2D eigenvalue weighted by Crippen LogP contribution is 2.21. The van der Waals surface area contributed by atoms with Crippen molar-refractivity contribution < 1.29 is 4.79 Å². The topological polar surface area (TPSA) is 52.2 Å². The molecule has 2 heterocycles. The largest absolute Gasteiger partial charge is 0.319 e. The summed E-state index contributed by atoms with van der Waals surface area (Å²) in [5.74, 6) is -0.247. The Hall–Kier alpha value is -2.21. The molecule has 0 unspecified atom stereocenters. The molecule has 0 radical (unpaired) electrons. The van der Waals surface area contributed by atoms with Crippen LogP contribution in [0.1, 0.15) is 34.2 Å². The van der Waals surface area contributed by atoms with Gasteiger partial charge in [-0.1, -0.05) is 11.3 Å². The number of nitrogens with zero attached hydrogens (tertiary/aromatic N) is 4. The van der Waals surface area contributed by atoms with Crippen LogP contribution in [0.15, 0.2) is 23.2 Å². The summed E-state index contributed by atoms with van der Waals surface area (Å²) in [5, 5.41) is 4.31. The fourth-order valence-electron chi connectivity index (χ4n) is 2.59. The Morgan fingerprint density at radius 3 is 2.61 bits per heavy atom. The van der Waals surface area contributed by atoms with E-state index in [0.717, 1.165) is 15.9 Å². The van der Waals surface area contributed by atoms with Crippen LogP contribution in [0.5, 0.6) is 0 Å². The van der Waals surface area contributed by atoms with Crippen molar-refractivity contribution >= 4 is 27.5 Å². The third-order valence-electron chi connectivity index (χ3n) is 4.04. The molecular formula is C17H20N4OS. The summed E-state index contributed by atoms with van der Waals surface area (Å²) in [4.78, 5) is 17.6. The zero-order valence-corrected chi connectivity index (χ0v) is 14.9. The van der Waals surface area contributed by atoms with Gasteiger partial charge in [0.1, 0.15) is 5.69 Å². The highest BCUT2D eigenvalue weighted by molar-refractivity contribution is 7.16. The molecule has 0 spiro atoms. The SMILES string of the molecule is CCn1nc(C)cc1C(=O)N=c1sc2cc(C)c(C)cc2n1C. The van der Waals surface area contributed by atoms with Gasteiger partial charge in [0.05, 0.1) is 15.9 Å². The zero-order chi connectivity index (χ0) is 16.7.